The molecule has 2 heterocycles. The molecule has 0 bridgehead atoms. The normalized spacial score (nSPS) is 20.2. The smallest absolute Gasteiger partial charge is 0.318 e. The molecule has 1 aromatic carbocycles. The Balaban J connectivity index is 1.52. The molecule has 2 fully saturated rings. The Morgan fingerprint density at radius 2 is 2.00 bits per heavy atom. The Morgan fingerprint density at radius 3 is 2.73 bits per heavy atom. The summed E-state index contributed by atoms with van der Waals surface area (Å²) in [5, 5.41) is 5.74. The maximum absolute atomic E-state index is 12.6. The third kappa shape index (κ3) is 4.53. The molecule has 26 heavy (non-hydrogen) atoms. The van der Waals surface area contributed by atoms with Crippen LogP contribution in [0.4, 0.5) is 4.79 Å². The van der Waals surface area contributed by atoms with Crippen LogP contribution in [0.5, 0.6) is 0 Å². The average Bonchev–Trinajstić information content (AvgIpc) is 3.07. The number of rotatable bonds is 7. The van der Waals surface area contributed by atoms with Gasteiger partial charge < -0.3 is 20.4 Å². The topological polar surface area (TPSA) is 81.8 Å². The summed E-state index contributed by atoms with van der Waals surface area (Å²) in [7, 11) is 0. The van der Waals surface area contributed by atoms with Gasteiger partial charge in [0.25, 0.3) is 0 Å². The Labute approximate surface area is 153 Å². The molecule has 2 N–H and O–H groups in total. The summed E-state index contributed by atoms with van der Waals surface area (Å²) >= 11 is 0. The van der Waals surface area contributed by atoms with Crippen LogP contribution in [-0.2, 0) is 16.1 Å². The van der Waals surface area contributed by atoms with Crippen molar-refractivity contribution in [3.8, 4) is 0 Å². The van der Waals surface area contributed by atoms with Crippen LogP contribution in [0.15, 0.2) is 30.3 Å². The first-order chi connectivity index (χ1) is 12.6. The summed E-state index contributed by atoms with van der Waals surface area (Å²) in [4.78, 5) is 40.0. The van der Waals surface area contributed by atoms with Crippen molar-refractivity contribution in [1.29, 1.82) is 0 Å². The van der Waals surface area contributed by atoms with Crippen molar-refractivity contribution in [2.75, 3.05) is 26.2 Å². The van der Waals surface area contributed by atoms with E-state index in [0.29, 0.717) is 45.4 Å². The van der Waals surface area contributed by atoms with E-state index in [9.17, 15) is 14.4 Å². The zero-order valence-corrected chi connectivity index (χ0v) is 14.9. The maximum Gasteiger partial charge on any atom is 0.318 e. The summed E-state index contributed by atoms with van der Waals surface area (Å²) in [5.41, 5.74) is 1.03. The molecule has 2 aliphatic heterocycles. The number of carbonyl (C=O) groups excluding carboxylic acids is 3. The molecule has 7 nitrogen and oxygen atoms in total. The zero-order valence-electron chi connectivity index (χ0n) is 14.9. The Bertz CT molecular complexity index is 649. The second-order valence-corrected chi connectivity index (χ2v) is 6.77. The Kier molecular flexibility index (Phi) is 6.09. The fourth-order valence-electron chi connectivity index (χ4n) is 3.52. The maximum atomic E-state index is 12.6. The molecular formula is C19H26N4O3. The Morgan fingerprint density at radius 1 is 1.19 bits per heavy atom. The summed E-state index contributed by atoms with van der Waals surface area (Å²) in [6, 6.07) is 9.05. The van der Waals surface area contributed by atoms with Crippen molar-refractivity contribution in [3.63, 3.8) is 0 Å². The lowest BCUT2D eigenvalue weighted by molar-refractivity contribution is -0.128. The van der Waals surface area contributed by atoms with Crippen molar-refractivity contribution in [1.82, 2.24) is 20.4 Å². The van der Waals surface area contributed by atoms with Crippen molar-refractivity contribution < 1.29 is 14.4 Å². The average molecular weight is 358 g/mol. The first kappa shape index (κ1) is 18.2. The van der Waals surface area contributed by atoms with Crippen molar-refractivity contribution in [3.05, 3.63) is 35.9 Å². The molecule has 0 aromatic heterocycles. The van der Waals surface area contributed by atoms with Gasteiger partial charge in [-0.3, -0.25) is 9.59 Å². The van der Waals surface area contributed by atoms with E-state index in [0.717, 1.165) is 18.5 Å². The minimum atomic E-state index is -0.457. The molecule has 1 atom stereocenters. The minimum Gasteiger partial charge on any atom is -0.350 e. The highest BCUT2D eigenvalue weighted by atomic mass is 16.2. The Hall–Kier alpha value is -2.57. The summed E-state index contributed by atoms with van der Waals surface area (Å²) in [6.07, 6.45) is 2.80. The van der Waals surface area contributed by atoms with Gasteiger partial charge in [-0.2, -0.15) is 0 Å². The number of carbonyl (C=O) groups is 3. The molecule has 7 heteroatoms. The van der Waals surface area contributed by atoms with E-state index in [2.05, 4.69) is 10.6 Å². The van der Waals surface area contributed by atoms with Crippen LogP contribution < -0.4 is 10.6 Å². The first-order valence-corrected chi connectivity index (χ1v) is 9.29. The van der Waals surface area contributed by atoms with Gasteiger partial charge in [0.15, 0.2) is 0 Å². The van der Waals surface area contributed by atoms with E-state index < -0.39 is 6.04 Å². The first-order valence-electron chi connectivity index (χ1n) is 9.29. The third-order valence-corrected chi connectivity index (χ3v) is 4.94. The number of nitrogens with one attached hydrogen (secondary N) is 2. The third-order valence-electron chi connectivity index (χ3n) is 4.94. The van der Waals surface area contributed by atoms with Gasteiger partial charge in [-0.15, -0.1) is 0 Å². The number of hydrogen-bond donors (Lipinski definition) is 2. The van der Waals surface area contributed by atoms with Crippen molar-refractivity contribution in [2.24, 2.45) is 0 Å². The molecule has 0 aliphatic carbocycles. The summed E-state index contributed by atoms with van der Waals surface area (Å²) in [5.74, 6) is 0.0613. The highest BCUT2D eigenvalue weighted by molar-refractivity contribution is 5.88. The zero-order chi connectivity index (χ0) is 18.4. The number of amides is 4. The molecule has 2 saturated heterocycles. The fourth-order valence-corrected chi connectivity index (χ4v) is 3.52. The summed E-state index contributed by atoms with van der Waals surface area (Å²) in [6.45, 7) is 2.86. The van der Waals surface area contributed by atoms with Crippen LogP contribution in [0, 0.1) is 0 Å². The van der Waals surface area contributed by atoms with Gasteiger partial charge >= 0.3 is 6.03 Å². The van der Waals surface area contributed by atoms with Crippen LogP contribution in [0.25, 0.3) is 0 Å². The molecule has 1 unspecified atom stereocenters. The van der Waals surface area contributed by atoms with Crippen molar-refractivity contribution in [2.45, 2.75) is 38.3 Å². The van der Waals surface area contributed by atoms with Gasteiger partial charge in [-0.05, 0) is 24.8 Å². The highest BCUT2D eigenvalue weighted by Crippen LogP contribution is 2.14. The van der Waals surface area contributed by atoms with Gasteiger partial charge in [-0.1, -0.05) is 30.3 Å². The van der Waals surface area contributed by atoms with Crippen LogP contribution in [0.2, 0.25) is 0 Å². The molecule has 0 saturated carbocycles. The molecule has 140 valence electrons. The standard InChI is InChI=1S/C19H26N4O3/c24-17-8-4-11-22(17)12-5-13-23-16(9-10-20-19(23)26)18(25)21-14-15-6-2-1-3-7-15/h1-3,6-7,16H,4-5,8-14H2,(H,20,26)(H,21,25). The number of urea groups is 1. The van der Waals surface area contributed by atoms with E-state index in [-0.39, 0.29) is 17.8 Å². The largest absolute Gasteiger partial charge is 0.350 e. The fraction of sp³-hybridized carbons (Fsp3) is 0.526. The van der Waals surface area contributed by atoms with Crippen LogP contribution in [0.1, 0.15) is 31.2 Å². The SMILES string of the molecule is O=C(NCc1ccccc1)C1CCNC(=O)N1CCCN1CCCC1=O. The monoisotopic (exact) mass is 358 g/mol. The predicted molar refractivity (Wildman–Crippen MR) is 97.2 cm³/mol. The predicted octanol–water partition coefficient (Wildman–Crippen LogP) is 1.10. The minimum absolute atomic E-state index is 0.124. The molecule has 2 aliphatic rings. The van der Waals surface area contributed by atoms with Crippen LogP contribution >= 0.6 is 0 Å². The molecule has 4 amide bonds. The second-order valence-electron chi connectivity index (χ2n) is 6.77. The number of benzene rings is 1. The van der Waals surface area contributed by atoms with Gasteiger partial charge in [0, 0.05) is 39.1 Å². The molecule has 0 spiro atoms. The van der Waals surface area contributed by atoms with Gasteiger partial charge in [-0.25, -0.2) is 4.79 Å². The second kappa shape index (κ2) is 8.69. The van der Waals surface area contributed by atoms with E-state index in [4.69, 9.17) is 0 Å². The lowest BCUT2D eigenvalue weighted by Gasteiger charge is -2.35. The molecular weight excluding hydrogens is 332 g/mol. The van der Waals surface area contributed by atoms with Gasteiger partial charge in [0.2, 0.25) is 11.8 Å². The van der Waals surface area contributed by atoms with E-state index in [1.807, 2.05) is 35.2 Å². The van der Waals surface area contributed by atoms with Crippen LogP contribution in [-0.4, -0.2) is 59.9 Å². The molecule has 1 aromatic rings. The number of hydrogen-bond acceptors (Lipinski definition) is 3. The quantitative estimate of drug-likeness (QED) is 0.766. The summed E-state index contributed by atoms with van der Waals surface area (Å²) < 4.78 is 0. The van der Waals surface area contributed by atoms with Crippen molar-refractivity contribution >= 4 is 17.8 Å². The number of likely N-dealkylation sites (tertiary alicyclic amines) is 1. The van der Waals surface area contributed by atoms with E-state index >= 15 is 0 Å². The van der Waals surface area contributed by atoms with E-state index in [1.54, 1.807) is 4.90 Å². The molecule has 3 rings (SSSR count). The lowest BCUT2D eigenvalue weighted by atomic mass is 10.1. The lowest BCUT2D eigenvalue weighted by Crippen LogP contribution is -2.58. The molecule has 0 radical (unpaired) electrons. The van der Waals surface area contributed by atoms with Gasteiger partial charge in [0.1, 0.15) is 6.04 Å². The highest BCUT2D eigenvalue weighted by Gasteiger charge is 2.33. The van der Waals surface area contributed by atoms with Gasteiger partial charge in [0.05, 0.1) is 0 Å². The van der Waals surface area contributed by atoms with Crippen LogP contribution in [0.3, 0.4) is 0 Å². The van der Waals surface area contributed by atoms with E-state index in [1.165, 1.54) is 0 Å². The number of nitrogens with zero attached hydrogens (tertiary/aromatic N) is 2.